The standard InChI is InChI=1S/C18H30O6/c1-2-3-4-7-13(19)10-11-16-14(8-5-6-9-17(21)22)15(20)12-18(23)24-16/h5-6,10-11,13-16,18-20,23H,2-4,7-9,12H2,1H3,(H,21,22)/b6-5-,11-10+/t13-,14-,15-,16+,18-/m0/s1. The van der Waals surface area contributed by atoms with Gasteiger partial charge in [-0.25, -0.2) is 0 Å². The first-order chi connectivity index (χ1) is 11.4. The van der Waals surface area contributed by atoms with Crippen LogP contribution in [0.4, 0.5) is 0 Å². The molecule has 0 aromatic rings. The summed E-state index contributed by atoms with van der Waals surface area (Å²) >= 11 is 0. The van der Waals surface area contributed by atoms with Gasteiger partial charge >= 0.3 is 5.97 Å². The highest BCUT2D eigenvalue weighted by atomic mass is 16.6. The van der Waals surface area contributed by atoms with Crippen molar-refractivity contribution in [3.05, 3.63) is 24.3 Å². The van der Waals surface area contributed by atoms with E-state index in [0.717, 1.165) is 19.3 Å². The van der Waals surface area contributed by atoms with E-state index in [9.17, 15) is 20.1 Å². The minimum atomic E-state index is -1.04. The number of hydrogen-bond donors (Lipinski definition) is 4. The van der Waals surface area contributed by atoms with Crippen LogP contribution in [0.25, 0.3) is 0 Å². The fourth-order valence-electron chi connectivity index (χ4n) is 2.79. The number of allylic oxidation sites excluding steroid dienone is 1. The molecule has 0 radical (unpaired) electrons. The van der Waals surface area contributed by atoms with Gasteiger partial charge < -0.3 is 25.2 Å². The van der Waals surface area contributed by atoms with Crippen molar-refractivity contribution in [3.8, 4) is 0 Å². The molecule has 1 fully saturated rings. The van der Waals surface area contributed by atoms with Crippen LogP contribution in [0.3, 0.4) is 0 Å². The minimum absolute atomic E-state index is 0.0665. The van der Waals surface area contributed by atoms with Gasteiger partial charge in [0.15, 0.2) is 6.29 Å². The highest BCUT2D eigenvalue weighted by Gasteiger charge is 2.35. The summed E-state index contributed by atoms with van der Waals surface area (Å²) < 4.78 is 5.47. The first-order valence-corrected chi connectivity index (χ1v) is 8.68. The number of unbranched alkanes of at least 4 members (excludes halogenated alkanes) is 2. The average Bonchev–Trinajstić information content (AvgIpc) is 2.51. The van der Waals surface area contributed by atoms with E-state index in [1.165, 1.54) is 0 Å². The van der Waals surface area contributed by atoms with Crippen LogP contribution in [0.15, 0.2) is 24.3 Å². The zero-order valence-corrected chi connectivity index (χ0v) is 14.3. The van der Waals surface area contributed by atoms with Crippen LogP contribution in [0.5, 0.6) is 0 Å². The fourth-order valence-corrected chi connectivity index (χ4v) is 2.79. The summed E-state index contributed by atoms with van der Waals surface area (Å²) in [4.78, 5) is 10.5. The Morgan fingerprint density at radius 2 is 2.04 bits per heavy atom. The zero-order chi connectivity index (χ0) is 17.9. The number of hydrogen-bond acceptors (Lipinski definition) is 5. The molecule has 24 heavy (non-hydrogen) atoms. The normalized spacial score (nSPS) is 29.3. The van der Waals surface area contributed by atoms with Crippen molar-refractivity contribution in [2.45, 2.75) is 76.5 Å². The van der Waals surface area contributed by atoms with Crippen molar-refractivity contribution in [2.75, 3.05) is 0 Å². The average molecular weight is 342 g/mol. The largest absolute Gasteiger partial charge is 0.481 e. The van der Waals surface area contributed by atoms with Crippen LogP contribution in [0.1, 0.15) is 51.9 Å². The second kappa shape index (κ2) is 11.4. The second-order valence-corrected chi connectivity index (χ2v) is 6.28. The van der Waals surface area contributed by atoms with Gasteiger partial charge in [-0.3, -0.25) is 4.79 Å². The molecule has 6 nitrogen and oxygen atoms in total. The minimum Gasteiger partial charge on any atom is -0.481 e. The lowest BCUT2D eigenvalue weighted by molar-refractivity contribution is -0.199. The Bertz CT molecular complexity index is 420. The first kappa shape index (κ1) is 20.8. The Hall–Kier alpha value is -1.21. The van der Waals surface area contributed by atoms with Crippen LogP contribution in [-0.4, -0.2) is 51.0 Å². The molecule has 1 aliphatic heterocycles. The molecule has 0 unspecified atom stereocenters. The molecule has 0 aliphatic carbocycles. The summed E-state index contributed by atoms with van der Waals surface area (Å²) in [6.45, 7) is 2.10. The molecule has 1 saturated heterocycles. The van der Waals surface area contributed by atoms with Crippen molar-refractivity contribution >= 4 is 5.97 Å². The Balaban J connectivity index is 2.60. The van der Waals surface area contributed by atoms with E-state index >= 15 is 0 Å². The van der Waals surface area contributed by atoms with Gasteiger partial charge in [-0.1, -0.05) is 50.5 Å². The van der Waals surface area contributed by atoms with Gasteiger partial charge in [-0.05, 0) is 12.8 Å². The van der Waals surface area contributed by atoms with Crippen LogP contribution < -0.4 is 0 Å². The molecule has 1 aliphatic rings. The van der Waals surface area contributed by atoms with E-state index in [4.69, 9.17) is 9.84 Å². The molecule has 138 valence electrons. The number of ether oxygens (including phenoxy) is 1. The highest BCUT2D eigenvalue weighted by Crippen LogP contribution is 2.29. The van der Waals surface area contributed by atoms with Gasteiger partial charge in [-0.2, -0.15) is 0 Å². The monoisotopic (exact) mass is 342 g/mol. The molecule has 0 bridgehead atoms. The number of aliphatic hydroxyl groups excluding tert-OH is 3. The lowest BCUT2D eigenvalue weighted by Gasteiger charge is -2.36. The highest BCUT2D eigenvalue weighted by molar-refractivity contribution is 5.68. The first-order valence-electron chi connectivity index (χ1n) is 8.68. The van der Waals surface area contributed by atoms with E-state index in [1.807, 2.05) is 0 Å². The van der Waals surface area contributed by atoms with Gasteiger partial charge in [0.1, 0.15) is 0 Å². The molecule has 0 aromatic heterocycles. The van der Waals surface area contributed by atoms with Crippen LogP contribution in [0, 0.1) is 5.92 Å². The summed E-state index contributed by atoms with van der Waals surface area (Å²) in [5.41, 5.74) is 0. The third kappa shape index (κ3) is 8.06. The van der Waals surface area contributed by atoms with E-state index < -0.39 is 30.6 Å². The lowest BCUT2D eigenvalue weighted by Crippen LogP contribution is -2.43. The number of carboxylic acids is 1. The van der Waals surface area contributed by atoms with Crippen molar-refractivity contribution in [2.24, 2.45) is 5.92 Å². The Morgan fingerprint density at radius 3 is 2.71 bits per heavy atom. The third-order valence-electron chi connectivity index (χ3n) is 4.17. The van der Waals surface area contributed by atoms with Crippen molar-refractivity contribution in [3.63, 3.8) is 0 Å². The molecular weight excluding hydrogens is 312 g/mol. The van der Waals surface area contributed by atoms with Crippen LogP contribution in [-0.2, 0) is 9.53 Å². The number of carboxylic acid groups (broad SMARTS) is 1. The third-order valence-corrected chi connectivity index (χ3v) is 4.17. The van der Waals surface area contributed by atoms with Gasteiger partial charge in [-0.15, -0.1) is 0 Å². The van der Waals surface area contributed by atoms with Crippen LogP contribution >= 0.6 is 0 Å². The molecule has 1 rings (SSSR count). The van der Waals surface area contributed by atoms with Crippen LogP contribution in [0.2, 0.25) is 0 Å². The van der Waals surface area contributed by atoms with Gasteiger partial charge in [0, 0.05) is 12.3 Å². The quantitative estimate of drug-likeness (QED) is 0.357. The summed E-state index contributed by atoms with van der Waals surface area (Å²) in [6.07, 6.45) is 8.01. The van der Waals surface area contributed by atoms with Gasteiger partial charge in [0.05, 0.1) is 24.7 Å². The number of carbonyl (C=O) groups is 1. The topological polar surface area (TPSA) is 107 Å². The van der Waals surface area contributed by atoms with E-state index in [-0.39, 0.29) is 18.8 Å². The maximum absolute atomic E-state index is 10.5. The maximum atomic E-state index is 10.5. The number of rotatable bonds is 10. The molecule has 0 saturated carbocycles. The maximum Gasteiger partial charge on any atom is 0.307 e. The van der Waals surface area contributed by atoms with Crippen molar-refractivity contribution in [1.82, 2.24) is 0 Å². The molecule has 0 amide bonds. The summed E-state index contributed by atoms with van der Waals surface area (Å²) in [5, 5.41) is 38.4. The van der Waals surface area contributed by atoms with Gasteiger partial charge in [0.25, 0.3) is 0 Å². The van der Waals surface area contributed by atoms with E-state index in [2.05, 4.69) is 6.92 Å². The molecule has 5 atom stereocenters. The van der Waals surface area contributed by atoms with E-state index in [1.54, 1.807) is 24.3 Å². The molecule has 1 heterocycles. The smallest absolute Gasteiger partial charge is 0.307 e. The molecule has 6 heteroatoms. The predicted octanol–water partition coefficient (Wildman–Crippen LogP) is 1.99. The second-order valence-electron chi connectivity index (χ2n) is 6.28. The van der Waals surface area contributed by atoms with E-state index in [0.29, 0.717) is 12.8 Å². The number of aliphatic hydroxyl groups is 3. The van der Waals surface area contributed by atoms with Crippen molar-refractivity contribution in [1.29, 1.82) is 0 Å². The van der Waals surface area contributed by atoms with Crippen molar-refractivity contribution < 1.29 is 30.0 Å². The summed E-state index contributed by atoms with van der Waals surface area (Å²) in [6, 6.07) is 0. The molecule has 0 aromatic carbocycles. The van der Waals surface area contributed by atoms with Gasteiger partial charge in [0.2, 0.25) is 0 Å². The predicted molar refractivity (Wildman–Crippen MR) is 90.3 cm³/mol. The summed E-state index contributed by atoms with van der Waals surface area (Å²) in [7, 11) is 0. The summed E-state index contributed by atoms with van der Waals surface area (Å²) in [5.74, 6) is -1.19. The number of aliphatic carboxylic acids is 1. The molecule has 4 N–H and O–H groups in total. The Morgan fingerprint density at radius 1 is 1.29 bits per heavy atom. The Labute approximate surface area is 143 Å². The fraction of sp³-hybridized carbons (Fsp3) is 0.722. The lowest BCUT2D eigenvalue weighted by atomic mass is 9.87. The molecule has 0 spiro atoms. The molecular formula is C18H30O6. The SMILES string of the molecule is CCCCC[C@H](O)/C=C/[C@H]1O[C@H](O)C[C@H](O)[C@@H]1C/C=C\CC(=O)O. The Kier molecular flexibility index (Phi) is 9.86. The zero-order valence-electron chi connectivity index (χ0n) is 14.3.